The first kappa shape index (κ1) is 10.3. The fourth-order valence-corrected chi connectivity index (χ4v) is 2.25. The highest BCUT2D eigenvalue weighted by molar-refractivity contribution is 5.96. The molecule has 2 nitrogen and oxygen atoms in total. The fraction of sp³-hybridized carbons (Fsp3) is 0.727. The van der Waals surface area contributed by atoms with Crippen molar-refractivity contribution in [2.24, 2.45) is 5.41 Å². The first-order valence-corrected chi connectivity index (χ1v) is 4.74. The van der Waals surface area contributed by atoms with Crippen LogP contribution in [0, 0.1) is 5.41 Å². The summed E-state index contributed by atoms with van der Waals surface area (Å²) in [6, 6.07) is 0. The second-order valence-electron chi connectivity index (χ2n) is 4.96. The van der Waals surface area contributed by atoms with Crippen LogP contribution in [0.1, 0.15) is 33.6 Å². The van der Waals surface area contributed by atoms with Crippen molar-refractivity contribution < 1.29 is 4.79 Å². The second kappa shape index (κ2) is 3.17. The van der Waals surface area contributed by atoms with Gasteiger partial charge in [-0.1, -0.05) is 13.8 Å². The van der Waals surface area contributed by atoms with Crippen molar-refractivity contribution in [2.45, 2.75) is 33.6 Å². The van der Waals surface area contributed by atoms with Gasteiger partial charge in [-0.05, 0) is 24.3 Å². The number of ketones is 1. The third-order valence-electron chi connectivity index (χ3n) is 2.50. The molecule has 0 bridgehead atoms. The molecule has 1 aliphatic rings. The number of hydrogen-bond acceptors (Lipinski definition) is 2. The molecule has 0 aromatic carbocycles. The maximum Gasteiger partial charge on any atom is 0.179 e. The predicted octanol–water partition coefficient (Wildman–Crippen LogP) is 2.21. The van der Waals surface area contributed by atoms with Gasteiger partial charge in [-0.2, -0.15) is 0 Å². The molecule has 0 saturated carbocycles. The number of allylic oxidation sites excluding steroid dienone is 2. The van der Waals surface area contributed by atoms with E-state index >= 15 is 0 Å². The molecule has 0 N–H and O–H groups in total. The van der Waals surface area contributed by atoms with Crippen LogP contribution >= 0.6 is 0 Å². The van der Waals surface area contributed by atoms with Crippen LogP contribution in [0.4, 0.5) is 0 Å². The van der Waals surface area contributed by atoms with Crippen LogP contribution in [0.15, 0.2) is 11.3 Å². The van der Waals surface area contributed by atoms with E-state index in [1.165, 1.54) is 5.57 Å². The maximum atomic E-state index is 11.8. The predicted molar refractivity (Wildman–Crippen MR) is 54.4 cm³/mol. The minimum Gasteiger partial charge on any atom is -0.375 e. The summed E-state index contributed by atoms with van der Waals surface area (Å²) in [6.07, 6.45) is 1.71. The molecule has 0 heterocycles. The van der Waals surface area contributed by atoms with Crippen LogP contribution in [0.2, 0.25) is 0 Å². The van der Waals surface area contributed by atoms with Crippen LogP contribution in [0.25, 0.3) is 0 Å². The van der Waals surface area contributed by atoms with E-state index in [-0.39, 0.29) is 5.41 Å². The van der Waals surface area contributed by atoms with E-state index in [9.17, 15) is 4.79 Å². The van der Waals surface area contributed by atoms with Crippen LogP contribution in [0.3, 0.4) is 0 Å². The molecule has 0 aromatic rings. The Morgan fingerprint density at radius 2 is 1.77 bits per heavy atom. The number of Topliss-reactive ketones (excluding diaryl/α,β-unsaturated/α-hetero) is 1. The van der Waals surface area contributed by atoms with Gasteiger partial charge in [-0.15, -0.1) is 0 Å². The average molecular weight is 181 g/mol. The van der Waals surface area contributed by atoms with Gasteiger partial charge in [-0.25, -0.2) is 0 Å². The normalized spacial score (nSPS) is 22.1. The van der Waals surface area contributed by atoms with Gasteiger partial charge in [0.2, 0.25) is 0 Å². The highest BCUT2D eigenvalue weighted by Gasteiger charge is 2.31. The number of likely N-dealkylation sites (N-methyl/N-ethyl adjacent to an activating group) is 1. The van der Waals surface area contributed by atoms with Crippen molar-refractivity contribution in [3.63, 3.8) is 0 Å². The van der Waals surface area contributed by atoms with E-state index in [0.29, 0.717) is 12.2 Å². The molecule has 0 unspecified atom stereocenters. The standard InChI is InChI=1S/C11H19NO/c1-8-6-11(2,3)7-9(13)10(8)12(4)5/h6-7H2,1-5H3. The molecule has 1 rings (SSSR count). The van der Waals surface area contributed by atoms with Gasteiger partial charge in [0.15, 0.2) is 5.78 Å². The lowest BCUT2D eigenvalue weighted by Gasteiger charge is -2.33. The topological polar surface area (TPSA) is 20.3 Å². The summed E-state index contributed by atoms with van der Waals surface area (Å²) in [7, 11) is 3.88. The summed E-state index contributed by atoms with van der Waals surface area (Å²) in [5.74, 6) is 0.291. The van der Waals surface area contributed by atoms with E-state index < -0.39 is 0 Å². The molecule has 0 amide bonds. The Labute approximate surface area is 80.6 Å². The van der Waals surface area contributed by atoms with Crippen LogP contribution in [-0.4, -0.2) is 24.8 Å². The zero-order valence-corrected chi connectivity index (χ0v) is 9.27. The van der Waals surface area contributed by atoms with Gasteiger partial charge in [0, 0.05) is 20.5 Å². The van der Waals surface area contributed by atoms with Crippen LogP contribution in [-0.2, 0) is 4.79 Å². The Hall–Kier alpha value is -0.790. The van der Waals surface area contributed by atoms with Crippen molar-refractivity contribution in [1.82, 2.24) is 4.90 Å². The number of carbonyl (C=O) groups excluding carboxylic acids is 1. The van der Waals surface area contributed by atoms with Gasteiger partial charge in [0.05, 0.1) is 5.70 Å². The Bertz CT molecular complexity index is 261. The van der Waals surface area contributed by atoms with E-state index in [1.54, 1.807) is 0 Å². The third kappa shape index (κ3) is 2.11. The van der Waals surface area contributed by atoms with Gasteiger partial charge < -0.3 is 4.90 Å². The molecule has 1 aliphatic carbocycles. The number of nitrogens with zero attached hydrogens (tertiary/aromatic N) is 1. The summed E-state index contributed by atoms with van der Waals surface area (Å²) in [5, 5.41) is 0. The molecule has 74 valence electrons. The van der Waals surface area contributed by atoms with Crippen molar-refractivity contribution in [1.29, 1.82) is 0 Å². The summed E-state index contributed by atoms with van der Waals surface area (Å²) in [6.45, 7) is 6.37. The van der Waals surface area contributed by atoms with E-state index in [0.717, 1.165) is 12.1 Å². The van der Waals surface area contributed by atoms with Gasteiger partial charge in [0.1, 0.15) is 0 Å². The quantitative estimate of drug-likeness (QED) is 0.618. The van der Waals surface area contributed by atoms with Gasteiger partial charge in [-0.3, -0.25) is 4.79 Å². The molecular formula is C11H19NO. The molecular weight excluding hydrogens is 162 g/mol. The Kier molecular flexibility index (Phi) is 2.51. The lowest BCUT2D eigenvalue weighted by molar-refractivity contribution is -0.119. The zero-order valence-electron chi connectivity index (χ0n) is 9.27. The molecule has 13 heavy (non-hydrogen) atoms. The summed E-state index contributed by atoms with van der Waals surface area (Å²) in [4.78, 5) is 13.7. The summed E-state index contributed by atoms with van der Waals surface area (Å²) in [5.41, 5.74) is 2.30. The van der Waals surface area contributed by atoms with Gasteiger partial charge in [0.25, 0.3) is 0 Å². The minimum absolute atomic E-state index is 0.153. The molecule has 0 fully saturated rings. The zero-order chi connectivity index (χ0) is 10.2. The molecule has 0 aliphatic heterocycles. The van der Waals surface area contributed by atoms with Gasteiger partial charge >= 0.3 is 0 Å². The number of rotatable bonds is 1. The average Bonchev–Trinajstić information content (AvgIpc) is 1.78. The van der Waals surface area contributed by atoms with Crippen molar-refractivity contribution in [3.05, 3.63) is 11.3 Å². The monoisotopic (exact) mass is 181 g/mol. The van der Waals surface area contributed by atoms with Crippen LogP contribution < -0.4 is 0 Å². The molecule has 0 atom stereocenters. The summed E-state index contributed by atoms with van der Waals surface area (Å²) < 4.78 is 0. The molecule has 0 spiro atoms. The number of hydrogen-bond donors (Lipinski definition) is 0. The summed E-state index contributed by atoms with van der Waals surface area (Å²) >= 11 is 0. The van der Waals surface area contributed by atoms with Crippen LogP contribution in [0.5, 0.6) is 0 Å². The smallest absolute Gasteiger partial charge is 0.179 e. The first-order chi connectivity index (χ1) is 5.83. The van der Waals surface area contributed by atoms with Crippen molar-refractivity contribution in [2.75, 3.05) is 14.1 Å². The largest absolute Gasteiger partial charge is 0.375 e. The van der Waals surface area contributed by atoms with Crippen molar-refractivity contribution in [3.8, 4) is 0 Å². The highest BCUT2D eigenvalue weighted by Crippen LogP contribution is 2.36. The Morgan fingerprint density at radius 3 is 2.15 bits per heavy atom. The lowest BCUT2D eigenvalue weighted by atomic mass is 9.76. The first-order valence-electron chi connectivity index (χ1n) is 4.74. The Balaban J connectivity index is 3.01. The molecule has 0 radical (unpaired) electrons. The molecule has 0 aromatic heterocycles. The molecule has 2 heteroatoms. The highest BCUT2D eigenvalue weighted by atomic mass is 16.1. The number of carbonyl (C=O) groups is 1. The van der Waals surface area contributed by atoms with E-state index in [2.05, 4.69) is 20.8 Å². The Morgan fingerprint density at radius 1 is 1.23 bits per heavy atom. The maximum absolute atomic E-state index is 11.8. The molecule has 0 saturated heterocycles. The minimum atomic E-state index is 0.153. The second-order valence-corrected chi connectivity index (χ2v) is 4.96. The van der Waals surface area contributed by atoms with E-state index in [1.807, 2.05) is 19.0 Å². The SMILES string of the molecule is CC1=C(N(C)C)C(=O)CC(C)(C)C1. The van der Waals surface area contributed by atoms with Crippen molar-refractivity contribution >= 4 is 5.78 Å². The third-order valence-corrected chi connectivity index (χ3v) is 2.50. The van der Waals surface area contributed by atoms with E-state index in [4.69, 9.17) is 0 Å². The fourth-order valence-electron chi connectivity index (χ4n) is 2.25. The lowest BCUT2D eigenvalue weighted by Crippen LogP contribution is -2.31.